The third-order valence-electron chi connectivity index (χ3n) is 5.25. The van der Waals surface area contributed by atoms with E-state index in [0.29, 0.717) is 5.95 Å². The highest BCUT2D eigenvalue weighted by atomic mass is 15.3. The average molecular weight is 360 g/mol. The first-order valence-electron chi connectivity index (χ1n) is 8.98. The first kappa shape index (κ1) is 15.9. The molecule has 0 fully saturated rings. The second-order valence-corrected chi connectivity index (χ2v) is 7.55. The molecule has 1 aliphatic heterocycles. The molecule has 0 bridgehead atoms. The maximum absolute atomic E-state index is 4.69. The maximum Gasteiger partial charge on any atom is 0.228 e. The van der Waals surface area contributed by atoms with Gasteiger partial charge in [-0.15, -0.1) is 10.2 Å². The fourth-order valence-corrected chi connectivity index (χ4v) is 3.63. The lowest BCUT2D eigenvalue weighted by Crippen LogP contribution is -2.27. The van der Waals surface area contributed by atoms with Crippen LogP contribution in [0, 0.1) is 0 Å². The Morgan fingerprint density at radius 1 is 1.11 bits per heavy atom. The predicted octanol–water partition coefficient (Wildman–Crippen LogP) is 2.89. The van der Waals surface area contributed by atoms with Crippen molar-refractivity contribution in [2.75, 3.05) is 5.32 Å². The van der Waals surface area contributed by atoms with Crippen LogP contribution in [-0.4, -0.2) is 34.3 Å². The lowest BCUT2D eigenvalue weighted by atomic mass is 9.81. The molecule has 0 aliphatic carbocycles. The van der Waals surface area contributed by atoms with Crippen molar-refractivity contribution in [1.82, 2.24) is 34.3 Å². The first-order chi connectivity index (χ1) is 13.0. The van der Waals surface area contributed by atoms with Gasteiger partial charge in [0.1, 0.15) is 11.6 Å². The summed E-state index contributed by atoms with van der Waals surface area (Å²) >= 11 is 0. The number of aromatic nitrogens is 7. The lowest BCUT2D eigenvalue weighted by Gasteiger charge is -2.30. The topological polar surface area (TPSA) is 85.8 Å². The van der Waals surface area contributed by atoms with Crippen LogP contribution >= 0.6 is 0 Å². The smallest absolute Gasteiger partial charge is 0.228 e. The molecule has 8 nitrogen and oxygen atoms in total. The molecule has 1 aliphatic rings. The number of nitrogens with zero attached hydrogens (tertiary/aromatic N) is 7. The summed E-state index contributed by atoms with van der Waals surface area (Å²) in [6.45, 7) is 4.54. The van der Waals surface area contributed by atoms with Gasteiger partial charge in [0.05, 0.1) is 11.9 Å². The molecule has 1 N–H and O–H groups in total. The van der Waals surface area contributed by atoms with Gasteiger partial charge in [-0.05, 0) is 24.6 Å². The Morgan fingerprint density at radius 3 is 2.81 bits per heavy atom. The van der Waals surface area contributed by atoms with Gasteiger partial charge in [0.15, 0.2) is 5.65 Å². The van der Waals surface area contributed by atoms with Gasteiger partial charge < -0.3 is 5.32 Å². The monoisotopic (exact) mass is 360 g/mol. The van der Waals surface area contributed by atoms with Crippen LogP contribution in [0.25, 0.3) is 16.9 Å². The summed E-state index contributed by atoms with van der Waals surface area (Å²) in [7, 11) is 1.87. The van der Waals surface area contributed by atoms with Crippen molar-refractivity contribution < 1.29 is 0 Å². The van der Waals surface area contributed by atoms with Crippen LogP contribution in [0.1, 0.15) is 31.8 Å². The van der Waals surface area contributed by atoms with Crippen molar-refractivity contribution in [3.8, 4) is 11.3 Å². The van der Waals surface area contributed by atoms with Crippen LogP contribution in [-0.2, 0) is 18.9 Å². The number of hydrogen-bond acceptors (Lipinski definition) is 6. The van der Waals surface area contributed by atoms with Crippen molar-refractivity contribution in [3.63, 3.8) is 0 Å². The minimum Gasteiger partial charge on any atom is -0.309 e. The van der Waals surface area contributed by atoms with Gasteiger partial charge in [0.2, 0.25) is 5.95 Å². The van der Waals surface area contributed by atoms with Crippen molar-refractivity contribution >= 4 is 17.4 Å². The SMILES string of the molecule is Cn1nccc1Nc1nccc(-c2cc3n4c(nnc4c2)CCC3(C)C)n1. The Bertz CT molecular complexity index is 1150. The van der Waals surface area contributed by atoms with Crippen LogP contribution in [0.4, 0.5) is 11.8 Å². The molecular formula is C19H20N8. The quantitative estimate of drug-likeness (QED) is 0.605. The Labute approximate surface area is 156 Å². The molecule has 5 heterocycles. The Hall–Kier alpha value is -3.29. The second kappa shape index (κ2) is 5.60. The molecule has 0 aromatic carbocycles. The second-order valence-electron chi connectivity index (χ2n) is 7.55. The maximum atomic E-state index is 4.69. The van der Waals surface area contributed by atoms with E-state index >= 15 is 0 Å². The van der Waals surface area contributed by atoms with E-state index in [1.165, 1.54) is 5.69 Å². The molecule has 4 aromatic heterocycles. The van der Waals surface area contributed by atoms with Gasteiger partial charge in [-0.25, -0.2) is 9.97 Å². The van der Waals surface area contributed by atoms with Crippen LogP contribution in [0.3, 0.4) is 0 Å². The predicted molar refractivity (Wildman–Crippen MR) is 102 cm³/mol. The Kier molecular flexibility index (Phi) is 3.30. The van der Waals surface area contributed by atoms with Crippen molar-refractivity contribution in [2.45, 2.75) is 32.1 Å². The van der Waals surface area contributed by atoms with E-state index in [0.717, 1.165) is 41.4 Å². The van der Waals surface area contributed by atoms with Gasteiger partial charge in [-0.3, -0.25) is 9.08 Å². The van der Waals surface area contributed by atoms with Gasteiger partial charge in [-0.2, -0.15) is 5.10 Å². The molecule has 0 saturated heterocycles. The molecule has 136 valence electrons. The first-order valence-corrected chi connectivity index (χ1v) is 8.98. The standard InChI is InChI=1S/C19H20N8/c1-19(2)7-4-16-24-25-17-11-12(10-14(19)27(16)17)13-5-8-20-18(22-13)23-15-6-9-21-26(15)3/h5-6,8-11H,4,7H2,1-3H3,(H,20,22,23). The number of hydrogen-bond donors (Lipinski definition) is 1. The van der Waals surface area contributed by atoms with Crippen molar-refractivity contribution in [1.29, 1.82) is 0 Å². The average Bonchev–Trinajstić information content (AvgIpc) is 3.25. The number of aryl methyl sites for hydroxylation is 2. The third-order valence-corrected chi connectivity index (χ3v) is 5.25. The summed E-state index contributed by atoms with van der Waals surface area (Å²) in [5, 5.41) is 16.1. The van der Waals surface area contributed by atoms with E-state index in [1.54, 1.807) is 17.1 Å². The Morgan fingerprint density at radius 2 is 2.00 bits per heavy atom. The van der Waals surface area contributed by atoms with Gasteiger partial charge >= 0.3 is 0 Å². The molecule has 0 saturated carbocycles. The molecule has 0 unspecified atom stereocenters. The number of pyridine rings is 1. The molecule has 27 heavy (non-hydrogen) atoms. The van der Waals surface area contributed by atoms with E-state index in [2.05, 4.69) is 49.9 Å². The zero-order valence-electron chi connectivity index (χ0n) is 15.5. The van der Waals surface area contributed by atoms with E-state index in [1.807, 2.05) is 25.2 Å². The molecule has 0 radical (unpaired) electrons. The van der Waals surface area contributed by atoms with Crippen LogP contribution in [0.5, 0.6) is 0 Å². The molecule has 0 amide bonds. The zero-order chi connectivity index (χ0) is 18.6. The molecular weight excluding hydrogens is 340 g/mol. The highest BCUT2D eigenvalue weighted by Crippen LogP contribution is 2.36. The fraction of sp³-hybridized carbons (Fsp3) is 0.316. The summed E-state index contributed by atoms with van der Waals surface area (Å²) < 4.78 is 3.93. The molecule has 5 rings (SSSR count). The molecule has 4 aromatic rings. The lowest BCUT2D eigenvalue weighted by molar-refractivity contribution is 0.427. The van der Waals surface area contributed by atoms with Crippen molar-refractivity contribution in [3.05, 3.63) is 48.2 Å². The largest absolute Gasteiger partial charge is 0.309 e. The van der Waals surface area contributed by atoms with E-state index in [-0.39, 0.29) is 5.41 Å². The molecule has 0 atom stereocenters. The van der Waals surface area contributed by atoms with E-state index in [9.17, 15) is 0 Å². The number of rotatable bonds is 3. The van der Waals surface area contributed by atoms with Crippen LogP contribution in [0.15, 0.2) is 36.7 Å². The minimum atomic E-state index is 0.0620. The highest BCUT2D eigenvalue weighted by molar-refractivity contribution is 5.67. The van der Waals surface area contributed by atoms with Gasteiger partial charge in [0, 0.05) is 42.4 Å². The number of nitrogens with one attached hydrogen (secondary N) is 1. The van der Waals surface area contributed by atoms with Crippen LogP contribution in [0.2, 0.25) is 0 Å². The normalized spacial score (nSPS) is 15.2. The summed E-state index contributed by atoms with van der Waals surface area (Å²) in [5.41, 5.74) is 4.01. The minimum absolute atomic E-state index is 0.0620. The summed E-state index contributed by atoms with van der Waals surface area (Å²) in [5.74, 6) is 2.40. The van der Waals surface area contributed by atoms with Gasteiger partial charge in [0.25, 0.3) is 0 Å². The van der Waals surface area contributed by atoms with E-state index in [4.69, 9.17) is 4.98 Å². The van der Waals surface area contributed by atoms with E-state index < -0.39 is 0 Å². The van der Waals surface area contributed by atoms with Crippen LogP contribution < -0.4 is 5.32 Å². The Balaban J connectivity index is 1.60. The third kappa shape index (κ3) is 2.56. The fourth-order valence-electron chi connectivity index (χ4n) is 3.63. The zero-order valence-corrected chi connectivity index (χ0v) is 15.5. The summed E-state index contributed by atoms with van der Waals surface area (Å²) in [6, 6.07) is 8.04. The number of anilines is 2. The highest BCUT2D eigenvalue weighted by Gasteiger charge is 2.30. The molecule has 0 spiro atoms. The summed E-state index contributed by atoms with van der Waals surface area (Å²) in [4.78, 5) is 9.03. The molecule has 8 heteroatoms. The van der Waals surface area contributed by atoms with Crippen molar-refractivity contribution in [2.24, 2.45) is 7.05 Å². The summed E-state index contributed by atoms with van der Waals surface area (Å²) in [6.07, 6.45) is 5.50. The van der Waals surface area contributed by atoms with Gasteiger partial charge in [-0.1, -0.05) is 13.8 Å².